The van der Waals surface area contributed by atoms with Crippen molar-refractivity contribution in [3.8, 4) is 16.9 Å². The molecule has 1 N–H and O–H groups in total. The fraction of sp³-hybridized carbons (Fsp3) is 0.0370. The first-order valence-corrected chi connectivity index (χ1v) is 10.2. The molecule has 5 aromatic rings. The summed E-state index contributed by atoms with van der Waals surface area (Å²) in [6.45, 7) is 2.05. The van der Waals surface area contributed by atoms with Crippen LogP contribution < -0.4 is 5.32 Å². The van der Waals surface area contributed by atoms with E-state index in [1.165, 1.54) is 5.39 Å². The lowest BCUT2D eigenvalue weighted by molar-refractivity contribution is 0.102. The van der Waals surface area contributed by atoms with E-state index in [4.69, 9.17) is 0 Å². The van der Waals surface area contributed by atoms with Crippen LogP contribution in [-0.4, -0.2) is 15.7 Å². The molecule has 0 fully saturated rings. The van der Waals surface area contributed by atoms with Crippen LogP contribution in [0.2, 0.25) is 0 Å². The highest BCUT2D eigenvalue weighted by molar-refractivity contribution is 6.03. The summed E-state index contributed by atoms with van der Waals surface area (Å²) in [5, 5.41) is 9.93. The number of rotatable bonds is 4. The average molecular weight is 403 g/mol. The maximum Gasteiger partial charge on any atom is 0.276 e. The van der Waals surface area contributed by atoms with E-state index in [0.717, 1.165) is 33.6 Å². The molecular formula is C27H21N3O. The van der Waals surface area contributed by atoms with Gasteiger partial charge in [-0.25, -0.2) is 4.68 Å². The third-order valence-corrected chi connectivity index (χ3v) is 5.27. The van der Waals surface area contributed by atoms with Crippen LogP contribution in [0.1, 0.15) is 16.1 Å². The summed E-state index contributed by atoms with van der Waals surface area (Å²) in [5.41, 5.74) is 5.04. The van der Waals surface area contributed by atoms with E-state index in [9.17, 15) is 4.79 Å². The van der Waals surface area contributed by atoms with Gasteiger partial charge in [0, 0.05) is 11.3 Å². The second-order valence-corrected chi connectivity index (χ2v) is 7.55. The zero-order valence-electron chi connectivity index (χ0n) is 17.1. The predicted molar refractivity (Wildman–Crippen MR) is 126 cm³/mol. The molecule has 0 unspecified atom stereocenters. The number of nitrogens with zero attached hydrogens (tertiary/aromatic N) is 2. The highest BCUT2D eigenvalue weighted by Crippen LogP contribution is 2.28. The lowest BCUT2D eigenvalue weighted by atomic mass is 10.0. The Bertz CT molecular complexity index is 1390. The highest BCUT2D eigenvalue weighted by Gasteiger charge is 2.17. The summed E-state index contributed by atoms with van der Waals surface area (Å²) >= 11 is 0. The van der Waals surface area contributed by atoms with Crippen molar-refractivity contribution in [2.75, 3.05) is 5.32 Å². The third-order valence-electron chi connectivity index (χ3n) is 5.27. The van der Waals surface area contributed by atoms with E-state index in [-0.39, 0.29) is 5.91 Å². The average Bonchev–Trinajstić information content (AvgIpc) is 3.25. The molecule has 5 rings (SSSR count). The maximum atomic E-state index is 12.9. The molecule has 0 radical (unpaired) electrons. The highest BCUT2D eigenvalue weighted by atomic mass is 16.1. The molecule has 0 saturated carbocycles. The number of fused-ring (bicyclic) bond motifs is 1. The van der Waals surface area contributed by atoms with Crippen LogP contribution in [0.25, 0.3) is 27.7 Å². The number of anilines is 1. The first kappa shape index (κ1) is 18.8. The van der Waals surface area contributed by atoms with Crippen molar-refractivity contribution in [1.29, 1.82) is 0 Å². The van der Waals surface area contributed by atoms with Crippen LogP contribution in [-0.2, 0) is 0 Å². The molecule has 4 heteroatoms. The Morgan fingerprint density at radius 1 is 0.774 bits per heavy atom. The SMILES string of the molecule is Cc1cccc(-n2nc(C(=O)Nc3ccccc3)cc2-c2ccc3ccccc3c2)c1. The van der Waals surface area contributed by atoms with Crippen LogP contribution in [0.3, 0.4) is 0 Å². The van der Waals surface area contributed by atoms with E-state index in [0.29, 0.717) is 5.69 Å². The molecule has 0 bridgehead atoms. The van der Waals surface area contributed by atoms with Crippen LogP contribution >= 0.6 is 0 Å². The van der Waals surface area contributed by atoms with Gasteiger partial charge < -0.3 is 5.32 Å². The Labute approximate surface area is 180 Å². The number of benzene rings is 4. The number of aromatic nitrogens is 2. The molecule has 1 amide bonds. The van der Waals surface area contributed by atoms with Gasteiger partial charge in [0.1, 0.15) is 0 Å². The van der Waals surface area contributed by atoms with Crippen molar-refractivity contribution < 1.29 is 4.79 Å². The summed E-state index contributed by atoms with van der Waals surface area (Å²) < 4.78 is 1.84. The summed E-state index contributed by atoms with van der Waals surface area (Å²) in [6, 6.07) is 33.9. The monoisotopic (exact) mass is 403 g/mol. The van der Waals surface area contributed by atoms with Crippen molar-refractivity contribution in [3.63, 3.8) is 0 Å². The fourth-order valence-electron chi connectivity index (χ4n) is 3.72. The fourth-order valence-corrected chi connectivity index (χ4v) is 3.72. The van der Waals surface area contributed by atoms with Crippen LogP contribution in [0.5, 0.6) is 0 Å². The van der Waals surface area contributed by atoms with Gasteiger partial charge in [-0.2, -0.15) is 5.10 Å². The molecule has 1 heterocycles. The quantitative estimate of drug-likeness (QED) is 0.385. The van der Waals surface area contributed by atoms with E-state index < -0.39 is 0 Å². The largest absolute Gasteiger partial charge is 0.321 e. The first-order valence-electron chi connectivity index (χ1n) is 10.2. The minimum Gasteiger partial charge on any atom is -0.321 e. The lowest BCUT2D eigenvalue weighted by Gasteiger charge is -2.09. The van der Waals surface area contributed by atoms with Gasteiger partial charge in [0.15, 0.2) is 5.69 Å². The number of nitrogens with one attached hydrogen (secondary N) is 1. The summed E-state index contributed by atoms with van der Waals surface area (Å²) in [6.07, 6.45) is 0. The second-order valence-electron chi connectivity index (χ2n) is 7.55. The number of carbonyl (C=O) groups is 1. The smallest absolute Gasteiger partial charge is 0.276 e. The molecule has 1 aromatic heterocycles. The molecule has 0 atom stereocenters. The van der Waals surface area contributed by atoms with Crippen LogP contribution in [0, 0.1) is 6.92 Å². The summed E-state index contributed by atoms with van der Waals surface area (Å²) in [7, 11) is 0. The topological polar surface area (TPSA) is 46.9 Å². The normalized spacial score (nSPS) is 10.9. The Hall–Kier alpha value is -4.18. The molecule has 0 aliphatic heterocycles. The van der Waals surface area contributed by atoms with Crippen molar-refractivity contribution in [2.45, 2.75) is 6.92 Å². The molecule has 0 spiro atoms. The van der Waals surface area contributed by atoms with Gasteiger partial charge in [-0.05, 0) is 59.7 Å². The van der Waals surface area contributed by atoms with E-state index in [1.54, 1.807) is 0 Å². The first-order chi connectivity index (χ1) is 15.2. The van der Waals surface area contributed by atoms with Gasteiger partial charge in [0.2, 0.25) is 0 Å². The van der Waals surface area contributed by atoms with E-state index >= 15 is 0 Å². The van der Waals surface area contributed by atoms with Crippen molar-refractivity contribution >= 4 is 22.4 Å². The second kappa shape index (κ2) is 7.92. The van der Waals surface area contributed by atoms with Gasteiger partial charge >= 0.3 is 0 Å². The van der Waals surface area contributed by atoms with Gasteiger partial charge in [0.05, 0.1) is 11.4 Å². The number of aryl methyl sites for hydroxylation is 1. The molecule has 4 aromatic carbocycles. The van der Waals surface area contributed by atoms with Crippen molar-refractivity contribution in [1.82, 2.24) is 9.78 Å². The molecular weight excluding hydrogens is 382 g/mol. The Kier molecular flexibility index (Phi) is 4.81. The molecule has 0 aliphatic carbocycles. The molecule has 31 heavy (non-hydrogen) atoms. The van der Waals surface area contributed by atoms with Gasteiger partial charge in [-0.3, -0.25) is 4.79 Å². The third kappa shape index (κ3) is 3.83. The van der Waals surface area contributed by atoms with E-state index in [2.05, 4.69) is 46.8 Å². The number of hydrogen-bond donors (Lipinski definition) is 1. The number of para-hydroxylation sites is 1. The Balaban J connectivity index is 1.62. The van der Waals surface area contributed by atoms with Crippen molar-refractivity contribution in [2.24, 2.45) is 0 Å². The van der Waals surface area contributed by atoms with E-state index in [1.807, 2.05) is 78.3 Å². The number of carbonyl (C=O) groups excluding carboxylic acids is 1. The lowest BCUT2D eigenvalue weighted by Crippen LogP contribution is -2.13. The van der Waals surface area contributed by atoms with Crippen LogP contribution in [0.15, 0.2) is 103 Å². The minimum absolute atomic E-state index is 0.236. The van der Waals surface area contributed by atoms with Gasteiger partial charge in [-0.1, -0.05) is 66.7 Å². The summed E-state index contributed by atoms with van der Waals surface area (Å²) in [5.74, 6) is -0.236. The molecule has 150 valence electrons. The van der Waals surface area contributed by atoms with Crippen molar-refractivity contribution in [3.05, 3.63) is 114 Å². The molecule has 0 aliphatic rings. The van der Waals surface area contributed by atoms with Gasteiger partial charge in [0.25, 0.3) is 5.91 Å². The molecule has 0 saturated heterocycles. The standard InChI is InChI=1S/C27H21N3O/c1-19-8-7-13-24(16-19)30-26(22-15-14-20-9-5-6-10-21(20)17-22)18-25(29-30)27(31)28-23-11-3-2-4-12-23/h2-18H,1H3,(H,28,31). The van der Waals surface area contributed by atoms with Gasteiger partial charge in [-0.15, -0.1) is 0 Å². The zero-order chi connectivity index (χ0) is 21.2. The molecule has 4 nitrogen and oxygen atoms in total. The van der Waals surface area contributed by atoms with Crippen LogP contribution in [0.4, 0.5) is 5.69 Å². The maximum absolute atomic E-state index is 12.9. The zero-order valence-corrected chi connectivity index (χ0v) is 17.1. The Morgan fingerprint density at radius 3 is 2.35 bits per heavy atom. The predicted octanol–water partition coefficient (Wildman–Crippen LogP) is 6.25. The number of amides is 1. The Morgan fingerprint density at radius 2 is 1.55 bits per heavy atom. The number of hydrogen-bond acceptors (Lipinski definition) is 2. The summed E-state index contributed by atoms with van der Waals surface area (Å²) in [4.78, 5) is 12.9. The minimum atomic E-state index is -0.236.